The van der Waals surface area contributed by atoms with Gasteiger partial charge in [-0.1, -0.05) is 29.8 Å². The van der Waals surface area contributed by atoms with Crippen LogP contribution in [0.1, 0.15) is 24.0 Å². The van der Waals surface area contributed by atoms with E-state index in [-0.39, 0.29) is 17.0 Å². The van der Waals surface area contributed by atoms with Gasteiger partial charge in [-0.25, -0.2) is 9.59 Å². The summed E-state index contributed by atoms with van der Waals surface area (Å²) in [6.07, 6.45) is 0. The van der Waals surface area contributed by atoms with Crippen LogP contribution in [-0.2, 0) is 9.53 Å². The van der Waals surface area contributed by atoms with E-state index in [2.05, 4.69) is 15.3 Å². The van der Waals surface area contributed by atoms with Crippen LogP contribution < -0.4 is 16.6 Å². The zero-order chi connectivity index (χ0) is 17.4. The van der Waals surface area contributed by atoms with Gasteiger partial charge in [0.15, 0.2) is 0 Å². The topological polar surface area (TPSA) is 104 Å². The van der Waals surface area contributed by atoms with E-state index in [1.807, 2.05) is 0 Å². The van der Waals surface area contributed by atoms with Gasteiger partial charge in [-0.05, 0) is 18.6 Å². The maximum atomic E-state index is 12.4. The van der Waals surface area contributed by atoms with Gasteiger partial charge in [-0.3, -0.25) is 14.8 Å². The molecule has 2 aromatic rings. The predicted octanol–water partition coefficient (Wildman–Crippen LogP) is 1.72. The van der Waals surface area contributed by atoms with E-state index >= 15 is 0 Å². The maximum Gasteiger partial charge on any atom is 0.336 e. The third-order valence-electron chi connectivity index (χ3n) is 3.89. The summed E-state index contributed by atoms with van der Waals surface area (Å²) >= 11 is 6.29. The van der Waals surface area contributed by atoms with Crippen molar-refractivity contribution in [3.8, 4) is 0 Å². The summed E-state index contributed by atoms with van der Waals surface area (Å²) in [5.74, 6) is -1.11. The summed E-state index contributed by atoms with van der Waals surface area (Å²) < 4.78 is 4.87. The Morgan fingerprint density at radius 1 is 1.21 bits per heavy atom. The molecule has 0 aliphatic carbocycles. The molecule has 2 heterocycles. The van der Waals surface area contributed by atoms with Crippen molar-refractivity contribution < 1.29 is 9.53 Å². The highest BCUT2D eigenvalue weighted by molar-refractivity contribution is 6.31. The molecule has 3 N–H and O–H groups in total. The molecule has 0 radical (unpaired) electrons. The Hall–Kier alpha value is -2.80. The fourth-order valence-corrected chi connectivity index (χ4v) is 3.13. The molecule has 0 spiro atoms. The number of carbonyl (C=O) groups excluding carboxylic acids is 1. The summed E-state index contributed by atoms with van der Waals surface area (Å²) in [4.78, 5) is 41.0. The van der Waals surface area contributed by atoms with Crippen LogP contribution in [0.25, 0.3) is 0 Å². The number of anilines is 1. The van der Waals surface area contributed by atoms with Gasteiger partial charge in [-0.2, -0.15) is 0 Å². The van der Waals surface area contributed by atoms with E-state index in [4.69, 9.17) is 16.3 Å². The van der Waals surface area contributed by atoms with E-state index in [1.54, 1.807) is 31.2 Å². The molecular formula is C16H14ClN3O4. The van der Waals surface area contributed by atoms with Crippen molar-refractivity contribution in [2.75, 3.05) is 12.4 Å². The van der Waals surface area contributed by atoms with E-state index in [0.29, 0.717) is 16.3 Å². The number of ether oxygens (including phenoxy) is 1. The van der Waals surface area contributed by atoms with Crippen LogP contribution >= 0.6 is 11.6 Å². The summed E-state index contributed by atoms with van der Waals surface area (Å²) in [6, 6.07) is 6.90. The monoisotopic (exact) mass is 347 g/mol. The van der Waals surface area contributed by atoms with Crippen LogP contribution in [0.4, 0.5) is 5.82 Å². The van der Waals surface area contributed by atoms with Crippen LogP contribution in [0.3, 0.4) is 0 Å². The smallest absolute Gasteiger partial charge is 0.336 e. The highest BCUT2D eigenvalue weighted by atomic mass is 35.5. The molecule has 0 saturated carbocycles. The number of benzene rings is 1. The van der Waals surface area contributed by atoms with Gasteiger partial charge in [0.2, 0.25) is 0 Å². The number of methoxy groups -OCH3 is 1. The summed E-state index contributed by atoms with van der Waals surface area (Å²) in [7, 11) is 1.26. The number of aromatic amines is 2. The summed E-state index contributed by atoms with van der Waals surface area (Å²) in [5, 5.41) is 3.28. The number of hydrogen-bond acceptors (Lipinski definition) is 5. The fourth-order valence-electron chi connectivity index (χ4n) is 2.89. The molecule has 0 fully saturated rings. The van der Waals surface area contributed by atoms with E-state index in [9.17, 15) is 14.4 Å². The first kappa shape index (κ1) is 16.1. The van der Waals surface area contributed by atoms with E-state index in [1.165, 1.54) is 7.11 Å². The molecule has 1 aromatic heterocycles. The second-order valence-corrected chi connectivity index (χ2v) is 5.71. The van der Waals surface area contributed by atoms with Gasteiger partial charge in [0.1, 0.15) is 5.82 Å². The Kier molecular flexibility index (Phi) is 4.02. The second-order valence-electron chi connectivity index (χ2n) is 5.31. The number of carbonyl (C=O) groups is 1. The second kappa shape index (κ2) is 6.01. The maximum absolute atomic E-state index is 12.4. The first-order valence-corrected chi connectivity index (χ1v) is 7.49. The van der Waals surface area contributed by atoms with Gasteiger partial charge in [0, 0.05) is 10.7 Å². The molecule has 0 amide bonds. The van der Waals surface area contributed by atoms with Crippen LogP contribution in [0, 0.1) is 0 Å². The van der Waals surface area contributed by atoms with Crippen molar-refractivity contribution >= 4 is 23.4 Å². The van der Waals surface area contributed by atoms with Gasteiger partial charge in [-0.15, -0.1) is 0 Å². The zero-order valence-electron chi connectivity index (χ0n) is 12.9. The standard InChI is InChI=1S/C16H14ClN3O4/c1-7-10(15(22)24-2)11(8-5-3-4-6-9(8)17)12-13(18-7)19-16(23)20-14(12)21/h3-6,11H,1-2H3,(H3,18,19,20,21,23). The highest BCUT2D eigenvalue weighted by Gasteiger charge is 2.36. The van der Waals surface area contributed by atoms with Crippen molar-refractivity contribution in [2.24, 2.45) is 0 Å². The molecule has 124 valence electrons. The van der Waals surface area contributed by atoms with Crippen LogP contribution in [0.5, 0.6) is 0 Å². The number of esters is 1. The third-order valence-corrected chi connectivity index (χ3v) is 4.24. The molecule has 24 heavy (non-hydrogen) atoms. The Bertz CT molecular complexity index is 974. The fraction of sp³-hybridized carbons (Fsp3) is 0.188. The van der Waals surface area contributed by atoms with Crippen LogP contribution in [0.15, 0.2) is 45.1 Å². The van der Waals surface area contributed by atoms with Crippen molar-refractivity contribution in [3.05, 3.63) is 72.5 Å². The number of fused-ring (bicyclic) bond motifs is 1. The molecule has 1 atom stereocenters. The Morgan fingerprint density at radius 2 is 1.92 bits per heavy atom. The van der Waals surface area contributed by atoms with Gasteiger partial charge >= 0.3 is 11.7 Å². The van der Waals surface area contributed by atoms with Gasteiger partial charge < -0.3 is 10.1 Å². The molecule has 1 aromatic carbocycles. The number of aromatic nitrogens is 2. The van der Waals surface area contributed by atoms with Gasteiger partial charge in [0.05, 0.1) is 24.2 Å². The first-order chi connectivity index (χ1) is 11.4. The number of hydrogen-bond donors (Lipinski definition) is 3. The highest BCUT2D eigenvalue weighted by Crippen LogP contribution is 2.41. The molecular weight excluding hydrogens is 334 g/mol. The number of allylic oxidation sites excluding steroid dienone is 1. The van der Waals surface area contributed by atoms with E-state index < -0.39 is 23.1 Å². The average Bonchev–Trinajstić information content (AvgIpc) is 2.53. The molecule has 1 unspecified atom stereocenters. The molecule has 0 bridgehead atoms. The number of rotatable bonds is 2. The minimum atomic E-state index is -0.761. The molecule has 3 rings (SSSR count). The molecule has 1 aliphatic heterocycles. The molecule has 8 heteroatoms. The number of H-pyrrole nitrogens is 2. The molecule has 0 saturated heterocycles. The SMILES string of the molecule is COC(=O)C1=C(C)Nc2[nH]c(=O)[nH]c(=O)c2C1c1ccccc1Cl. The summed E-state index contributed by atoms with van der Waals surface area (Å²) in [5.41, 5.74) is 0.266. The zero-order valence-corrected chi connectivity index (χ0v) is 13.7. The van der Waals surface area contributed by atoms with E-state index in [0.717, 1.165) is 0 Å². The third kappa shape index (κ3) is 2.52. The minimum Gasteiger partial charge on any atom is -0.466 e. The average molecular weight is 348 g/mol. The van der Waals surface area contributed by atoms with Crippen molar-refractivity contribution in [3.63, 3.8) is 0 Å². The first-order valence-electron chi connectivity index (χ1n) is 7.11. The normalized spacial score (nSPS) is 16.4. The van der Waals surface area contributed by atoms with Gasteiger partial charge in [0.25, 0.3) is 5.56 Å². The largest absolute Gasteiger partial charge is 0.466 e. The molecule has 1 aliphatic rings. The predicted molar refractivity (Wildman–Crippen MR) is 89.3 cm³/mol. The summed E-state index contributed by atoms with van der Waals surface area (Å²) in [6.45, 7) is 1.67. The number of nitrogens with one attached hydrogen (secondary N) is 3. The van der Waals surface area contributed by atoms with Crippen molar-refractivity contribution in [1.29, 1.82) is 0 Å². The lowest BCUT2D eigenvalue weighted by molar-refractivity contribution is -0.136. The number of halogens is 1. The lowest BCUT2D eigenvalue weighted by atomic mass is 9.82. The lowest BCUT2D eigenvalue weighted by Crippen LogP contribution is -2.34. The van der Waals surface area contributed by atoms with Crippen molar-refractivity contribution in [1.82, 2.24) is 9.97 Å². The van der Waals surface area contributed by atoms with Crippen LogP contribution in [-0.4, -0.2) is 23.0 Å². The lowest BCUT2D eigenvalue weighted by Gasteiger charge is -2.28. The Balaban J connectivity index is 2.37. The quantitative estimate of drug-likeness (QED) is 0.718. The van der Waals surface area contributed by atoms with Crippen LogP contribution in [0.2, 0.25) is 5.02 Å². The molecule has 7 nitrogen and oxygen atoms in total. The van der Waals surface area contributed by atoms with Crippen molar-refractivity contribution in [2.45, 2.75) is 12.8 Å². The Labute approximate surface area is 141 Å². The minimum absolute atomic E-state index is 0.203. The Morgan fingerprint density at radius 3 is 2.58 bits per heavy atom.